The van der Waals surface area contributed by atoms with Crippen LogP contribution in [0.25, 0.3) is 0 Å². The normalized spacial score (nSPS) is 11.3. The average molecular weight is 300 g/mol. The zero-order valence-electron chi connectivity index (χ0n) is 11.1. The average Bonchev–Trinajstić information content (AvgIpc) is 2.87. The number of hydrogen-bond donors (Lipinski definition) is 2. The summed E-state index contributed by atoms with van der Waals surface area (Å²) in [4.78, 5) is 15.1. The number of amides is 1. The van der Waals surface area contributed by atoms with Crippen molar-refractivity contribution >= 4 is 11.9 Å². The summed E-state index contributed by atoms with van der Waals surface area (Å²) < 4.78 is 42.1. The van der Waals surface area contributed by atoms with Gasteiger partial charge in [0.05, 0.1) is 7.11 Å². The minimum Gasteiger partial charge on any atom is -0.496 e. The lowest BCUT2D eigenvalue weighted by Crippen LogP contribution is -2.13. The molecular weight excluding hydrogens is 289 g/mol. The van der Waals surface area contributed by atoms with Gasteiger partial charge in [-0.3, -0.25) is 15.2 Å². The molecule has 0 spiro atoms. The molecule has 0 saturated heterocycles. The number of alkyl halides is 3. The number of aromatic nitrogens is 3. The summed E-state index contributed by atoms with van der Waals surface area (Å²) in [6, 6.07) is 4.65. The second-order valence-corrected chi connectivity index (χ2v) is 4.14. The Morgan fingerprint density at radius 2 is 2.10 bits per heavy atom. The first-order valence-electron chi connectivity index (χ1n) is 5.77. The summed E-state index contributed by atoms with van der Waals surface area (Å²) in [5.74, 6) is -1.87. The van der Waals surface area contributed by atoms with Crippen LogP contribution >= 0.6 is 0 Å². The van der Waals surface area contributed by atoms with E-state index in [1.165, 1.54) is 19.2 Å². The number of ether oxygens (including phenoxy) is 1. The van der Waals surface area contributed by atoms with E-state index in [9.17, 15) is 18.0 Å². The second kappa shape index (κ2) is 5.43. The van der Waals surface area contributed by atoms with Crippen LogP contribution in [0.2, 0.25) is 0 Å². The van der Waals surface area contributed by atoms with E-state index in [-0.39, 0.29) is 5.56 Å². The van der Waals surface area contributed by atoms with E-state index in [1.54, 1.807) is 18.1 Å². The molecule has 0 bridgehead atoms. The molecule has 0 atom stereocenters. The van der Waals surface area contributed by atoms with Gasteiger partial charge in [-0.1, -0.05) is 6.07 Å². The fourth-order valence-electron chi connectivity index (χ4n) is 1.58. The molecule has 2 aromatic rings. The van der Waals surface area contributed by atoms with Gasteiger partial charge in [0.1, 0.15) is 5.75 Å². The number of nitrogens with zero attached hydrogens (tertiary/aromatic N) is 2. The Morgan fingerprint density at radius 3 is 2.67 bits per heavy atom. The summed E-state index contributed by atoms with van der Waals surface area (Å²) in [5.41, 5.74) is 1.04. The van der Waals surface area contributed by atoms with E-state index in [0.29, 0.717) is 5.75 Å². The Morgan fingerprint density at radius 1 is 1.38 bits per heavy atom. The van der Waals surface area contributed by atoms with Crippen molar-refractivity contribution in [1.82, 2.24) is 15.2 Å². The molecule has 112 valence electrons. The van der Waals surface area contributed by atoms with Gasteiger partial charge in [-0.25, -0.2) is 0 Å². The summed E-state index contributed by atoms with van der Waals surface area (Å²) >= 11 is 0. The summed E-state index contributed by atoms with van der Waals surface area (Å²) in [7, 11) is 1.45. The van der Waals surface area contributed by atoms with Crippen LogP contribution in [0.1, 0.15) is 21.7 Å². The molecule has 1 amide bonds. The summed E-state index contributed by atoms with van der Waals surface area (Å²) in [6.45, 7) is 1.80. The molecule has 0 aliphatic rings. The molecular formula is C12H11F3N4O2. The quantitative estimate of drug-likeness (QED) is 0.912. The van der Waals surface area contributed by atoms with E-state index in [1.807, 2.05) is 0 Å². The molecule has 6 nitrogen and oxygen atoms in total. The number of benzene rings is 1. The van der Waals surface area contributed by atoms with Crippen LogP contribution in [-0.4, -0.2) is 28.2 Å². The smallest absolute Gasteiger partial charge is 0.451 e. The van der Waals surface area contributed by atoms with Crippen molar-refractivity contribution in [2.75, 3.05) is 12.4 Å². The maximum Gasteiger partial charge on any atom is 0.451 e. The van der Waals surface area contributed by atoms with Gasteiger partial charge in [0, 0.05) is 5.56 Å². The highest BCUT2D eigenvalue weighted by molar-refractivity contribution is 6.03. The maximum absolute atomic E-state index is 12.3. The van der Waals surface area contributed by atoms with Crippen LogP contribution in [0.4, 0.5) is 19.1 Å². The molecule has 1 aromatic heterocycles. The van der Waals surface area contributed by atoms with E-state index in [0.717, 1.165) is 5.56 Å². The standard InChI is InChI=1S/C12H11F3N4O2/c1-6-3-4-7(5-8(6)21-2)9(20)16-11-17-10(18-19-11)12(13,14)15/h3-5H,1-2H3,(H2,16,17,18,19,20). The molecule has 0 unspecified atom stereocenters. The zero-order chi connectivity index (χ0) is 15.6. The summed E-state index contributed by atoms with van der Waals surface area (Å²) in [5, 5.41) is 7.17. The maximum atomic E-state index is 12.3. The number of aryl methyl sites for hydroxylation is 1. The predicted molar refractivity (Wildman–Crippen MR) is 67.1 cm³/mol. The Balaban J connectivity index is 2.16. The van der Waals surface area contributed by atoms with E-state index in [2.05, 4.69) is 15.4 Å². The third-order valence-corrected chi connectivity index (χ3v) is 2.65. The van der Waals surface area contributed by atoms with Gasteiger partial charge in [-0.2, -0.15) is 18.2 Å². The molecule has 0 radical (unpaired) electrons. The van der Waals surface area contributed by atoms with Crippen LogP contribution in [0, 0.1) is 6.92 Å². The fraction of sp³-hybridized carbons (Fsp3) is 0.250. The van der Waals surface area contributed by atoms with E-state index < -0.39 is 23.9 Å². The SMILES string of the molecule is COc1cc(C(=O)Nc2n[nH]c(C(F)(F)F)n2)ccc1C. The number of halogens is 3. The molecule has 1 aromatic carbocycles. The number of nitrogens with one attached hydrogen (secondary N) is 2. The lowest BCUT2D eigenvalue weighted by atomic mass is 10.1. The highest BCUT2D eigenvalue weighted by Crippen LogP contribution is 2.26. The Labute approximate surface area is 117 Å². The highest BCUT2D eigenvalue weighted by Gasteiger charge is 2.35. The monoisotopic (exact) mass is 300 g/mol. The van der Waals surface area contributed by atoms with Crippen LogP contribution < -0.4 is 10.1 Å². The Hall–Kier alpha value is -2.58. The fourth-order valence-corrected chi connectivity index (χ4v) is 1.58. The molecule has 9 heteroatoms. The molecule has 2 N–H and O–H groups in total. The first-order chi connectivity index (χ1) is 9.81. The number of methoxy groups -OCH3 is 1. The van der Waals surface area contributed by atoms with Crippen molar-refractivity contribution in [3.63, 3.8) is 0 Å². The van der Waals surface area contributed by atoms with Crippen molar-refractivity contribution in [1.29, 1.82) is 0 Å². The van der Waals surface area contributed by atoms with Gasteiger partial charge in [0.25, 0.3) is 5.91 Å². The van der Waals surface area contributed by atoms with Crippen LogP contribution in [-0.2, 0) is 6.18 Å². The summed E-state index contributed by atoms with van der Waals surface area (Å²) in [6.07, 6.45) is -4.65. The number of rotatable bonds is 3. The molecule has 21 heavy (non-hydrogen) atoms. The van der Waals surface area contributed by atoms with Crippen molar-refractivity contribution in [3.8, 4) is 5.75 Å². The van der Waals surface area contributed by atoms with Crippen molar-refractivity contribution in [2.24, 2.45) is 0 Å². The highest BCUT2D eigenvalue weighted by atomic mass is 19.4. The molecule has 0 aliphatic carbocycles. The minimum atomic E-state index is -4.65. The number of H-pyrrole nitrogens is 1. The van der Waals surface area contributed by atoms with Gasteiger partial charge in [-0.05, 0) is 24.6 Å². The predicted octanol–water partition coefficient (Wildman–Crippen LogP) is 2.39. The second-order valence-electron chi connectivity index (χ2n) is 4.14. The van der Waals surface area contributed by atoms with E-state index >= 15 is 0 Å². The third-order valence-electron chi connectivity index (χ3n) is 2.65. The first kappa shape index (κ1) is 14.8. The van der Waals surface area contributed by atoms with Gasteiger partial charge >= 0.3 is 6.18 Å². The molecule has 0 saturated carbocycles. The number of carbonyl (C=O) groups is 1. The van der Waals surface area contributed by atoms with Gasteiger partial charge < -0.3 is 4.74 Å². The Bertz CT molecular complexity index is 667. The number of carbonyl (C=O) groups excluding carboxylic acids is 1. The van der Waals surface area contributed by atoms with Crippen molar-refractivity contribution in [2.45, 2.75) is 13.1 Å². The van der Waals surface area contributed by atoms with Crippen molar-refractivity contribution < 1.29 is 22.7 Å². The molecule has 0 fully saturated rings. The lowest BCUT2D eigenvalue weighted by molar-refractivity contribution is -0.144. The largest absolute Gasteiger partial charge is 0.496 e. The van der Waals surface area contributed by atoms with Gasteiger partial charge in [0.15, 0.2) is 0 Å². The van der Waals surface area contributed by atoms with Crippen molar-refractivity contribution in [3.05, 3.63) is 35.2 Å². The third kappa shape index (κ3) is 3.30. The number of aromatic amines is 1. The number of hydrogen-bond acceptors (Lipinski definition) is 4. The minimum absolute atomic E-state index is 0.218. The van der Waals surface area contributed by atoms with Gasteiger partial charge in [-0.15, -0.1) is 5.10 Å². The van der Waals surface area contributed by atoms with Gasteiger partial charge in [0.2, 0.25) is 11.8 Å². The lowest BCUT2D eigenvalue weighted by Gasteiger charge is -2.07. The van der Waals surface area contributed by atoms with E-state index in [4.69, 9.17) is 4.74 Å². The van der Waals surface area contributed by atoms with Crippen LogP contribution in [0.5, 0.6) is 5.75 Å². The zero-order valence-corrected chi connectivity index (χ0v) is 11.1. The Kier molecular flexibility index (Phi) is 3.83. The first-order valence-corrected chi connectivity index (χ1v) is 5.77. The van der Waals surface area contributed by atoms with Crippen LogP contribution in [0.3, 0.4) is 0 Å². The molecule has 0 aliphatic heterocycles. The topological polar surface area (TPSA) is 79.9 Å². The molecule has 1 heterocycles. The molecule has 2 rings (SSSR count). The van der Waals surface area contributed by atoms with Crippen LogP contribution in [0.15, 0.2) is 18.2 Å². The number of anilines is 1.